The van der Waals surface area contributed by atoms with Crippen molar-refractivity contribution in [3.05, 3.63) is 35.9 Å². The van der Waals surface area contributed by atoms with Gasteiger partial charge in [0.15, 0.2) is 0 Å². The zero-order valence-electron chi connectivity index (χ0n) is 14.0. The van der Waals surface area contributed by atoms with Gasteiger partial charge >= 0.3 is 0 Å². The average Bonchev–Trinajstić information content (AvgIpc) is 2.52. The third kappa shape index (κ3) is 5.12. The molecule has 2 rings (SSSR count). The Balaban J connectivity index is 1.94. The molecule has 1 aromatic rings. The van der Waals surface area contributed by atoms with Gasteiger partial charge in [0.25, 0.3) is 0 Å². The molecule has 2 heteroatoms. The van der Waals surface area contributed by atoms with Gasteiger partial charge in [0, 0.05) is 18.6 Å². The molecular weight excluding hydrogens is 256 g/mol. The molecule has 1 atom stereocenters. The summed E-state index contributed by atoms with van der Waals surface area (Å²) in [5, 5.41) is 3.72. The quantitative estimate of drug-likeness (QED) is 0.807. The van der Waals surface area contributed by atoms with Crippen LogP contribution in [0.4, 0.5) is 0 Å². The van der Waals surface area contributed by atoms with E-state index in [2.05, 4.69) is 61.4 Å². The molecule has 1 fully saturated rings. The minimum Gasteiger partial charge on any atom is -0.309 e. The summed E-state index contributed by atoms with van der Waals surface area (Å²) in [6.07, 6.45) is 6.72. The van der Waals surface area contributed by atoms with Gasteiger partial charge < -0.3 is 10.2 Å². The minimum atomic E-state index is 0.454. The first-order chi connectivity index (χ1) is 10.2. The summed E-state index contributed by atoms with van der Waals surface area (Å²) < 4.78 is 0. The van der Waals surface area contributed by atoms with Gasteiger partial charge in [0.1, 0.15) is 0 Å². The second-order valence-corrected chi connectivity index (χ2v) is 6.77. The third-order valence-corrected chi connectivity index (χ3v) is 4.92. The van der Waals surface area contributed by atoms with E-state index in [1.165, 1.54) is 37.7 Å². The highest BCUT2D eigenvalue weighted by molar-refractivity contribution is 5.19. The number of rotatable bonds is 7. The standard InChI is InChI=1S/C19H32N2/c1-4-14-20-19(17-8-6-5-7-9-17)15-21(3)18-12-10-16(2)11-13-18/h5-9,16,18-20H,4,10-15H2,1-3H3. The second-order valence-electron chi connectivity index (χ2n) is 6.77. The fourth-order valence-electron chi connectivity index (χ4n) is 3.41. The van der Waals surface area contributed by atoms with Crippen molar-refractivity contribution in [2.24, 2.45) is 5.92 Å². The van der Waals surface area contributed by atoms with E-state index in [0.29, 0.717) is 6.04 Å². The predicted molar refractivity (Wildman–Crippen MR) is 91.5 cm³/mol. The summed E-state index contributed by atoms with van der Waals surface area (Å²) in [5.41, 5.74) is 1.42. The lowest BCUT2D eigenvalue weighted by Crippen LogP contribution is -2.40. The van der Waals surface area contributed by atoms with E-state index < -0.39 is 0 Å². The van der Waals surface area contributed by atoms with Crippen molar-refractivity contribution in [1.29, 1.82) is 0 Å². The number of hydrogen-bond donors (Lipinski definition) is 1. The van der Waals surface area contributed by atoms with E-state index in [4.69, 9.17) is 0 Å². The largest absolute Gasteiger partial charge is 0.309 e. The van der Waals surface area contributed by atoms with Gasteiger partial charge in [-0.05, 0) is 57.2 Å². The van der Waals surface area contributed by atoms with Crippen molar-refractivity contribution >= 4 is 0 Å². The van der Waals surface area contributed by atoms with Gasteiger partial charge in [-0.2, -0.15) is 0 Å². The second kappa shape index (κ2) is 8.55. The number of nitrogens with one attached hydrogen (secondary N) is 1. The topological polar surface area (TPSA) is 15.3 Å². The van der Waals surface area contributed by atoms with Crippen LogP contribution in [-0.2, 0) is 0 Å². The van der Waals surface area contributed by atoms with E-state index in [1.54, 1.807) is 0 Å². The molecule has 1 aromatic carbocycles. The lowest BCUT2D eigenvalue weighted by molar-refractivity contribution is 0.156. The first-order valence-electron chi connectivity index (χ1n) is 8.69. The highest BCUT2D eigenvalue weighted by atomic mass is 15.2. The molecular formula is C19H32N2. The molecule has 0 radical (unpaired) electrons. The highest BCUT2D eigenvalue weighted by Gasteiger charge is 2.23. The molecule has 0 bridgehead atoms. The normalized spacial score (nSPS) is 24.2. The van der Waals surface area contributed by atoms with E-state index >= 15 is 0 Å². The summed E-state index contributed by atoms with van der Waals surface area (Å²) >= 11 is 0. The summed E-state index contributed by atoms with van der Waals surface area (Å²) in [7, 11) is 2.31. The maximum Gasteiger partial charge on any atom is 0.0449 e. The van der Waals surface area contributed by atoms with Gasteiger partial charge in [-0.15, -0.1) is 0 Å². The van der Waals surface area contributed by atoms with Crippen LogP contribution < -0.4 is 5.32 Å². The summed E-state index contributed by atoms with van der Waals surface area (Å²) in [6.45, 7) is 6.84. The van der Waals surface area contributed by atoms with Crippen molar-refractivity contribution < 1.29 is 0 Å². The van der Waals surface area contributed by atoms with E-state index in [9.17, 15) is 0 Å². The molecule has 1 aliphatic carbocycles. The Bertz CT molecular complexity index is 382. The van der Waals surface area contributed by atoms with Crippen LogP contribution in [0.25, 0.3) is 0 Å². The average molecular weight is 288 g/mol. The number of likely N-dealkylation sites (N-methyl/N-ethyl adjacent to an activating group) is 1. The molecule has 2 nitrogen and oxygen atoms in total. The Morgan fingerprint density at radius 3 is 2.43 bits per heavy atom. The fourth-order valence-corrected chi connectivity index (χ4v) is 3.41. The highest BCUT2D eigenvalue weighted by Crippen LogP contribution is 2.27. The van der Waals surface area contributed by atoms with Crippen LogP contribution in [0, 0.1) is 5.92 Å². The zero-order valence-corrected chi connectivity index (χ0v) is 14.0. The first-order valence-corrected chi connectivity index (χ1v) is 8.69. The van der Waals surface area contributed by atoms with Crippen molar-refractivity contribution in [2.75, 3.05) is 20.1 Å². The lowest BCUT2D eigenvalue weighted by Gasteiger charge is -2.36. The van der Waals surface area contributed by atoms with Gasteiger partial charge in [0.05, 0.1) is 0 Å². The van der Waals surface area contributed by atoms with Crippen LogP contribution in [0.15, 0.2) is 30.3 Å². The lowest BCUT2D eigenvalue weighted by atomic mass is 9.86. The SMILES string of the molecule is CCCNC(CN(C)C1CCC(C)CC1)c1ccccc1. The fraction of sp³-hybridized carbons (Fsp3) is 0.684. The van der Waals surface area contributed by atoms with Gasteiger partial charge in [-0.1, -0.05) is 44.2 Å². The van der Waals surface area contributed by atoms with Crippen LogP contribution in [0.1, 0.15) is 57.6 Å². The van der Waals surface area contributed by atoms with Crippen LogP contribution in [0.5, 0.6) is 0 Å². The van der Waals surface area contributed by atoms with Crippen LogP contribution in [0.3, 0.4) is 0 Å². The molecule has 0 aliphatic heterocycles. The Morgan fingerprint density at radius 1 is 1.14 bits per heavy atom. The van der Waals surface area contributed by atoms with Crippen molar-refractivity contribution in [1.82, 2.24) is 10.2 Å². The molecule has 0 heterocycles. The third-order valence-electron chi connectivity index (χ3n) is 4.92. The molecule has 21 heavy (non-hydrogen) atoms. The van der Waals surface area contributed by atoms with Gasteiger partial charge in [-0.3, -0.25) is 0 Å². The first kappa shape index (κ1) is 16.5. The predicted octanol–water partition coefficient (Wildman–Crippen LogP) is 4.24. The summed E-state index contributed by atoms with van der Waals surface area (Å²) in [5.74, 6) is 0.929. The molecule has 0 saturated heterocycles. The van der Waals surface area contributed by atoms with Crippen molar-refractivity contribution in [2.45, 2.75) is 58.0 Å². The van der Waals surface area contributed by atoms with Crippen LogP contribution >= 0.6 is 0 Å². The molecule has 0 aromatic heterocycles. The number of nitrogens with zero attached hydrogens (tertiary/aromatic N) is 1. The van der Waals surface area contributed by atoms with Gasteiger partial charge in [-0.25, -0.2) is 0 Å². The monoisotopic (exact) mass is 288 g/mol. The molecule has 0 spiro atoms. The number of hydrogen-bond acceptors (Lipinski definition) is 2. The van der Waals surface area contributed by atoms with Gasteiger partial charge in [0.2, 0.25) is 0 Å². The Hall–Kier alpha value is -0.860. The summed E-state index contributed by atoms with van der Waals surface area (Å²) in [4.78, 5) is 2.59. The molecule has 1 unspecified atom stereocenters. The van der Waals surface area contributed by atoms with Crippen LogP contribution in [0.2, 0.25) is 0 Å². The Labute approximate surface area is 130 Å². The Morgan fingerprint density at radius 2 is 1.81 bits per heavy atom. The maximum atomic E-state index is 3.72. The van der Waals surface area contributed by atoms with Crippen molar-refractivity contribution in [3.8, 4) is 0 Å². The van der Waals surface area contributed by atoms with E-state index in [0.717, 1.165) is 25.0 Å². The van der Waals surface area contributed by atoms with Crippen molar-refractivity contribution in [3.63, 3.8) is 0 Å². The molecule has 1 N–H and O–H groups in total. The maximum absolute atomic E-state index is 3.72. The molecule has 0 amide bonds. The van der Waals surface area contributed by atoms with E-state index in [1.807, 2.05) is 0 Å². The minimum absolute atomic E-state index is 0.454. The smallest absolute Gasteiger partial charge is 0.0449 e. The molecule has 1 saturated carbocycles. The zero-order chi connectivity index (χ0) is 15.1. The molecule has 1 aliphatic rings. The van der Waals surface area contributed by atoms with Crippen LogP contribution in [-0.4, -0.2) is 31.1 Å². The summed E-state index contributed by atoms with van der Waals surface area (Å²) in [6, 6.07) is 12.1. The molecule has 118 valence electrons. The number of benzene rings is 1. The van der Waals surface area contributed by atoms with E-state index in [-0.39, 0.29) is 0 Å². The Kier molecular flexibility index (Phi) is 6.72.